The molecule has 150 valence electrons. The fraction of sp³-hybridized carbons (Fsp3) is 0.333. The van der Waals surface area contributed by atoms with Crippen molar-refractivity contribution in [3.05, 3.63) is 70.4 Å². The summed E-state index contributed by atoms with van der Waals surface area (Å²) in [6.07, 6.45) is 1.56. The van der Waals surface area contributed by atoms with E-state index in [0.717, 1.165) is 29.1 Å². The van der Waals surface area contributed by atoms with Gasteiger partial charge >= 0.3 is 0 Å². The van der Waals surface area contributed by atoms with Gasteiger partial charge in [0.25, 0.3) is 0 Å². The van der Waals surface area contributed by atoms with E-state index in [2.05, 4.69) is 19.2 Å². The quantitative estimate of drug-likeness (QED) is 0.673. The molecule has 2 aromatic rings. The summed E-state index contributed by atoms with van der Waals surface area (Å²) in [5.74, 6) is 0.0657. The molecule has 0 saturated carbocycles. The molecular weight excluding hydrogens is 384 g/mol. The van der Waals surface area contributed by atoms with Crippen LogP contribution in [0.3, 0.4) is 0 Å². The van der Waals surface area contributed by atoms with Gasteiger partial charge in [0.2, 0.25) is 5.91 Å². The molecular formula is C24H25ClN2O2. The van der Waals surface area contributed by atoms with Crippen LogP contribution >= 0.6 is 11.6 Å². The summed E-state index contributed by atoms with van der Waals surface area (Å²) in [6, 6.07) is 14.7. The van der Waals surface area contributed by atoms with Crippen LogP contribution in [0.4, 0.5) is 11.4 Å². The van der Waals surface area contributed by atoms with Crippen LogP contribution in [0.15, 0.2) is 59.8 Å². The molecule has 0 aromatic heterocycles. The van der Waals surface area contributed by atoms with E-state index in [0.29, 0.717) is 23.4 Å². The number of halogens is 1. The fourth-order valence-corrected chi connectivity index (χ4v) is 4.52. The summed E-state index contributed by atoms with van der Waals surface area (Å²) in [4.78, 5) is 28.4. The average Bonchev–Trinajstić information content (AvgIpc) is 2.81. The van der Waals surface area contributed by atoms with Gasteiger partial charge < -0.3 is 5.32 Å². The highest BCUT2D eigenvalue weighted by Gasteiger charge is 2.42. The Bertz CT molecular complexity index is 1010. The number of Topliss-reactive ketones (excluding diaryl/α,β-unsaturated/α-hetero) is 1. The fourth-order valence-electron chi connectivity index (χ4n) is 4.39. The van der Waals surface area contributed by atoms with Crippen LogP contribution in [0.5, 0.6) is 0 Å². The van der Waals surface area contributed by atoms with Crippen LogP contribution in [-0.2, 0) is 9.59 Å². The molecule has 4 rings (SSSR count). The second kappa shape index (κ2) is 7.34. The van der Waals surface area contributed by atoms with Crippen molar-refractivity contribution >= 4 is 34.7 Å². The molecule has 0 bridgehead atoms. The van der Waals surface area contributed by atoms with Gasteiger partial charge in [-0.05, 0) is 41.7 Å². The number of hydrogen-bond donors (Lipinski definition) is 1. The number of nitrogens with zero attached hydrogens (tertiary/aromatic N) is 1. The second-order valence-corrected chi connectivity index (χ2v) is 8.98. The molecule has 0 radical (unpaired) electrons. The maximum absolute atomic E-state index is 13.4. The van der Waals surface area contributed by atoms with E-state index in [4.69, 9.17) is 11.6 Å². The molecule has 1 aliphatic carbocycles. The highest BCUT2D eigenvalue weighted by atomic mass is 35.5. The number of hydrogen-bond acceptors (Lipinski definition) is 3. The summed E-state index contributed by atoms with van der Waals surface area (Å²) in [5, 5.41) is 4.13. The Morgan fingerprint density at radius 1 is 1.14 bits per heavy atom. The third-order valence-electron chi connectivity index (χ3n) is 5.66. The largest absolute Gasteiger partial charge is 0.357 e. The van der Waals surface area contributed by atoms with Crippen LogP contribution in [0.25, 0.3) is 0 Å². The zero-order valence-corrected chi connectivity index (χ0v) is 17.7. The number of para-hydroxylation sites is 2. The first kappa shape index (κ1) is 19.7. The van der Waals surface area contributed by atoms with Crippen LogP contribution in [0, 0.1) is 5.41 Å². The van der Waals surface area contributed by atoms with Crippen molar-refractivity contribution in [3.63, 3.8) is 0 Å². The maximum atomic E-state index is 13.4. The number of carbonyl (C=O) groups is 2. The zero-order chi connectivity index (χ0) is 20.8. The molecule has 0 saturated heterocycles. The highest BCUT2D eigenvalue weighted by Crippen LogP contribution is 2.48. The monoisotopic (exact) mass is 408 g/mol. The first-order valence-electron chi connectivity index (χ1n) is 10.0. The van der Waals surface area contributed by atoms with Crippen molar-refractivity contribution in [2.24, 2.45) is 5.41 Å². The maximum Gasteiger partial charge on any atom is 0.227 e. The van der Waals surface area contributed by atoms with E-state index in [9.17, 15) is 9.59 Å². The molecule has 1 heterocycles. The molecule has 2 aliphatic rings. The minimum atomic E-state index is -0.477. The molecule has 1 atom stereocenters. The number of carbonyl (C=O) groups excluding carboxylic acids is 2. The smallest absolute Gasteiger partial charge is 0.227 e. The highest BCUT2D eigenvalue weighted by molar-refractivity contribution is 6.30. The van der Waals surface area contributed by atoms with Gasteiger partial charge in [-0.3, -0.25) is 14.5 Å². The molecule has 2 aromatic carbocycles. The van der Waals surface area contributed by atoms with Gasteiger partial charge in [0, 0.05) is 29.1 Å². The minimum Gasteiger partial charge on any atom is -0.357 e. The van der Waals surface area contributed by atoms with Crippen molar-refractivity contribution in [1.29, 1.82) is 0 Å². The topological polar surface area (TPSA) is 49.4 Å². The van der Waals surface area contributed by atoms with E-state index in [1.165, 1.54) is 0 Å². The van der Waals surface area contributed by atoms with Gasteiger partial charge in [0.15, 0.2) is 5.78 Å². The SMILES string of the molecule is CCC(=O)N1c2ccccc2NC2=C(C(=O)CC(C)(C)C2)[C@@H]1c1ccc(Cl)cc1. The van der Waals surface area contributed by atoms with Gasteiger partial charge in [-0.1, -0.05) is 56.6 Å². The molecule has 0 spiro atoms. The lowest BCUT2D eigenvalue weighted by atomic mass is 9.73. The molecule has 5 heteroatoms. The number of allylic oxidation sites excluding steroid dienone is 1. The Morgan fingerprint density at radius 3 is 2.52 bits per heavy atom. The lowest BCUT2D eigenvalue weighted by Crippen LogP contribution is -2.39. The van der Waals surface area contributed by atoms with Gasteiger partial charge in [-0.15, -0.1) is 0 Å². The van der Waals surface area contributed by atoms with E-state index in [-0.39, 0.29) is 17.1 Å². The van der Waals surface area contributed by atoms with E-state index in [1.807, 2.05) is 55.5 Å². The Balaban J connectivity index is 2.00. The molecule has 1 N–H and O–H groups in total. The number of rotatable bonds is 2. The molecule has 29 heavy (non-hydrogen) atoms. The predicted molar refractivity (Wildman–Crippen MR) is 117 cm³/mol. The first-order chi connectivity index (χ1) is 13.8. The number of benzene rings is 2. The molecule has 1 aliphatic heterocycles. The lowest BCUT2D eigenvalue weighted by molar-refractivity contribution is -0.119. The third kappa shape index (κ3) is 3.58. The normalized spacial score (nSPS) is 20.5. The molecule has 1 amide bonds. The van der Waals surface area contributed by atoms with Gasteiger partial charge in [0.1, 0.15) is 0 Å². The van der Waals surface area contributed by atoms with Crippen molar-refractivity contribution in [2.75, 3.05) is 10.2 Å². The number of nitrogens with one attached hydrogen (secondary N) is 1. The van der Waals surface area contributed by atoms with Crippen molar-refractivity contribution in [1.82, 2.24) is 0 Å². The third-order valence-corrected chi connectivity index (χ3v) is 5.91. The Hall–Kier alpha value is -2.59. The van der Waals surface area contributed by atoms with Gasteiger partial charge in [-0.2, -0.15) is 0 Å². The Labute approximate surface area is 176 Å². The van der Waals surface area contributed by atoms with Gasteiger partial charge in [0.05, 0.1) is 17.4 Å². The van der Waals surface area contributed by atoms with Crippen LogP contribution in [0.2, 0.25) is 5.02 Å². The molecule has 4 nitrogen and oxygen atoms in total. The summed E-state index contributed by atoms with van der Waals surface area (Å²) in [7, 11) is 0. The number of fused-ring (bicyclic) bond motifs is 1. The lowest BCUT2D eigenvalue weighted by Gasteiger charge is -2.37. The summed E-state index contributed by atoms with van der Waals surface area (Å²) < 4.78 is 0. The predicted octanol–water partition coefficient (Wildman–Crippen LogP) is 5.89. The van der Waals surface area contributed by atoms with E-state index >= 15 is 0 Å². The van der Waals surface area contributed by atoms with Crippen molar-refractivity contribution in [2.45, 2.75) is 46.1 Å². The Morgan fingerprint density at radius 2 is 1.83 bits per heavy atom. The number of anilines is 2. The standard InChI is InChI=1S/C24H25ClN2O2/c1-4-21(29)27-19-8-6-5-7-17(19)26-18-13-24(2,3)14-20(28)22(18)23(27)15-9-11-16(25)12-10-15/h5-12,23,26H,4,13-14H2,1-3H3/t23-/m0/s1. The van der Waals surface area contributed by atoms with Gasteiger partial charge in [-0.25, -0.2) is 0 Å². The number of ketones is 1. The zero-order valence-electron chi connectivity index (χ0n) is 17.0. The van der Waals surface area contributed by atoms with Crippen LogP contribution in [-0.4, -0.2) is 11.7 Å². The molecule has 0 fully saturated rings. The first-order valence-corrected chi connectivity index (χ1v) is 10.4. The average molecular weight is 409 g/mol. The van der Waals surface area contributed by atoms with Crippen molar-refractivity contribution in [3.8, 4) is 0 Å². The summed E-state index contributed by atoms with van der Waals surface area (Å²) in [5.41, 5.74) is 3.99. The van der Waals surface area contributed by atoms with Crippen LogP contribution in [0.1, 0.15) is 51.6 Å². The molecule has 0 unspecified atom stereocenters. The van der Waals surface area contributed by atoms with Crippen molar-refractivity contribution < 1.29 is 9.59 Å². The summed E-state index contributed by atoms with van der Waals surface area (Å²) in [6.45, 7) is 6.07. The van der Waals surface area contributed by atoms with Crippen LogP contribution < -0.4 is 10.2 Å². The van der Waals surface area contributed by atoms with E-state index in [1.54, 1.807) is 4.90 Å². The summed E-state index contributed by atoms with van der Waals surface area (Å²) >= 11 is 6.12. The van der Waals surface area contributed by atoms with E-state index < -0.39 is 6.04 Å². The number of amides is 1. The minimum absolute atomic E-state index is 0.0226. The second-order valence-electron chi connectivity index (χ2n) is 8.55. The Kier molecular flexibility index (Phi) is 4.99.